The number of likely N-dealkylation sites (N-methyl/N-ethyl adjacent to an activating group) is 1. The van der Waals surface area contributed by atoms with E-state index < -0.39 is 0 Å². The molecule has 0 aliphatic carbocycles. The van der Waals surface area contributed by atoms with E-state index in [0.29, 0.717) is 12.0 Å². The zero-order chi connectivity index (χ0) is 10.1. The number of rotatable bonds is 3. The van der Waals surface area contributed by atoms with Gasteiger partial charge in [0.2, 0.25) is 0 Å². The molecule has 0 N–H and O–H groups in total. The van der Waals surface area contributed by atoms with Gasteiger partial charge < -0.3 is 0 Å². The molecular formula is C10H18N4. The molecule has 14 heavy (non-hydrogen) atoms. The fourth-order valence-corrected chi connectivity index (χ4v) is 1.70. The second-order valence-corrected chi connectivity index (χ2v) is 4.28. The van der Waals surface area contributed by atoms with Crippen LogP contribution in [0.4, 0.5) is 0 Å². The van der Waals surface area contributed by atoms with Gasteiger partial charge in [-0.05, 0) is 12.5 Å². The van der Waals surface area contributed by atoms with E-state index in [1.54, 1.807) is 0 Å². The molecule has 1 saturated heterocycles. The van der Waals surface area contributed by atoms with E-state index in [4.69, 9.17) is 0 Å². The van der Waals surface area contributed by atoms with Gasteiger partial charge in [0.05, 0.1) is 11.7 Å². The zero-order valence-corrected chi connectivity index (χ0v) is 9.14. The average molecular weight is 194 g/mol. The molecular weight excluding hydrogens is 176 g/mol. The summed E-state index contributed by atoms with van der Waals surface area (Å²) in [5.41, 5.74) is 1.10. The van der Waals surface area contributed by atoms with Crippen LogP contribution in [0.5, 0.6) is 0 Å². The van der Waals surface area contributed by atoms with Gasteiger partial charge in [0, 0.05) is 19.3 Å². The Bertz CT molecular complexity index is 299. The molecule has 1 aromatic rings. The lowest BCUT2D eigenvalue weighted by atomic mass is 10.1. The van der Waals surface area contributed by atoms with Gasteiger partial charge in [0.1, 0.15) is 0 Å². The van der Waals surface area contributed by atoms with Crippen LogP contribution in [-0.4, -0.2) is 39.5 Å². The van der Waals surface area contributed by atoms with Crippen molar-refractivity contribution < 1.29 is 0 Å². The maximum absolute atomic E-state index is 4.17. The minimum absolute atomic E-state index is 0.478. The molecule has 0 atom stereocenters. The highest BCUT2D eigenvalue weighted by molar-refractivity contribution is 5.00. The predicted octanol–water partition coefficient (Wildman–Crippen LogP) is 1.28. The van der Waals surface area contributed by atoms with Crippen LogP contribution in [0.15, 0.2) is 6.20 Å². The SMILES string of the molecule is CCN1CC(n2cc(C(C)C)nn2)C1. The summed E-state index contributed by atoms with van der Waals surface area (Å²) in [7, 11) is 0. The third kappa shape index (κ3) is 1.66. The summed E-state index contributed by atoms with van der Waals surface area (Å²) in [6, 6.07) is 0.551. The number of aromatic nitrogens is 3. The highest BCUT2D eigenvalue weighted by atomic mass is 15.5. The van der Waals surface area contributed by atoms with Crippen molar-refractivity contribution in [2.75, 3.05) is 19.6 Å². The van der Waals surface area contributed by atoms with E-state index in [9.17, 15) is 0 Å². The van der Waals surface area contributed by atoms with Gasteiger partial charge >= 0.3 is 0 Å². The molecule has 0 bridgehead atoms. The minimum atomic E-state index is 0.478. The molecule has 0 amide bonds. The second-order valence-electron chi connectivity index (χ2n) is 4.28. The minimum Gasteiger partial charge on any atom is -0.299 e. The Kier molecular flexibility index (Phi) is 2.54. The molecule has 4 heteroatoms. The maximum atomic E-state index is 4.17. The van der Waals surface area contributed by atoms with E-state index in [0.717, 1.165) is 25.3 Å². The molecule has 0 unspecified atom stereocenters. The van der Waals surface area contributed by atoms with Gasteiger partial charge in [-0.3, -0.25) is 4.90 Å². The van der Waals surface area contributed by atoms with Gasteiger partial charge in [-0.25, -0.2) is 4.68 Å². The first-order valence-corrected chi connectivity index (χ1v) is 5.34. The Morgan fingerprint density at radius 3 is 2.71 bits per heavy atom. The van der Waals surface area contributed by atoms with Crippen molar-refractivity contribution in [3.8, 4) is 0 Å². The molecule has 1 fully saturated rings. The van der Waals surface area contributed by atoms with Gasteiger partial charge in [0.15, 0.2) is 0 Å². The van der Waals surface area contributed by atoms with E-state index in [2.05, 4.69) is 42.2 Å². The monoisotopic (exact) mass is 194 g/mol. The third-order valence-electron chi connectivity index (χ3n) is 2.88. The molecule has 2 rings (SSSR count). The van der Waals surface area contributed by atoms with Crippen LogP contribution < -0.4 is 0 Å². The quantitative estimate of drug-likeness (QED) is 0.727. The molecule has 4 nitrogen and oxygen atoms in total. The van der Waals surface area contributed by atoms with Crippen LogP contribution in [0.2, 0.25) is 0 Å². The van der Waals surface area contributed by atoms with Gasteiger partial charge in [0.25, 0.3) is 0 Å². The Morgan fingerprint density at radius 2 is 2.21 bits per heavy atom. The summed E-state index contributed by atoms with van der Waals surface area (Å²) < 4.78 is 2.02. The van der Waals surface area contributed by atoms with Crippen LogP contribution in [0.25, 0.3) is 0 Å². The summed E-state index contributed by atoms with van der Waals surface area (Å²) in [5.74, 6) is 0.478. The second kappa shape index (κ2) is 3.69. The van der Waals surface area contributed by atoms with Crippen LogP contribution >= 0.6 is 0 Å². The topological polar surface area (TPSA) is 34.0 Å². The van der Waals surface area contributed by atoms with Crippen LogP contribution in [0.1, 0.15) is 38.4 Å². The largest absolute Gasteiger partial charge is 0.299 e. The fraction of sp³-hybridized carbons (Fsp3) is 0.800. The first-order chi connectivity index (χ1) is 6.70. The zero-order valence-electron chi connectivity index (χ0n) is 9.14. The first-order valence-electron chi connectivity index (χ1n) is 5.34. The van der Waals surface area contributed by atoms with Crippen molar-refractivity contribution in [2.45, 2.75) is 32.7 Å². The smallest absolute Gasteiger partial charge is 0.0852 e. The standard InChI is InChI=1S/C10H18N4/c1-4-13-5-9(6-13)14-7-10(8(2)3)11-12-14/h7-9H,4-6H2,1-3H3. The highest BCUT2D eigenvalue weighted by Crippen LogP contribution is 2.20. The lowest BCUT2D eigenvalue weighted by molar-refractivity contribution is 0.104. The number of likely N-dealkylation sites (tertiary alicyclic amines) is 1. The predicted molar refractivity (Wildman–Crippen MR) is 55.3 cm³/mol. The number of nitrogens with zero attached hydrogens (tertiary/aromatic N) is 4. The molecule has 78 valence electrons. The number of hydrogen-bond donors (Lipinski definition) is 0. The lowest BCUT2D eigenvalue weighted by Crippen LogP contribution is -2.47. The van der Waals surface area contributed by atoms with E-state index in [-0.39, 0.29) is 0 Å². The van der Waals surface area contributed by atoms with Crippen molar-refractivity contribution in [3.05, 3.63) is 11.9 Å². The van der Waals surface area contributed by atoms with Crippen molar-refractivity contribution in [1.29, 1.82) is 0 Å². The Hall–Kier alpha value is -0.900. The van der Waals surface area contributed by atoms with E-state index in [1.807, 2.05) is 4.68 Å². The van der Waals surface area contributed by atoms with Gasteiger partial charge in [-0.2, -0.15) is 0 Å². The summed E-state index contributed by atoms with van der Waals surface area (Å²) in [4.78, 5) is 2.40. The summed E-state index contributed by atoms with van der Waals surface area (Å²) in [5, 5.41) is 8.33. The summed E-state index contributed by atoms with van der Waals surface area (Å²) >= 11 is 0. The molecule has 1 aliphatic heterocycles. The fourth-order valence-electron chi connectivity index (χ4n) is 1.70. The molecule has 1 aliphatic rings. The first kappa shape index (κ1) is 9.65. The van der Waals surface area contributed by atoms with Crippen molar-refractivity contribution in [1.82, 2.24) is 19.9 Å². The van der Waals surface area contributed by atoms with E-state index >= 15 is 0 Å². The normalized spacial score (nSPS) is 18.9. The summed E-state index contributed by atoms with van der Waals surface area (Å²) in [6.45, 7) is 9.87. The molecule has 2 heterocycles. The molecule has 0 aromatic carbocycles. The number of hydrogen-bond acceptors (Lipinski definition) is 3. The van der Waals surface area contributed by atoms with Crippen molar-refractivity contribution >= 4 is 0 Å². The Labute approximate surface area is 84.9 Å². The molecule has 0 spiro atoms. The molecule has 1 aromatic heterocycles. The van der Waals surface area contributed by atoms with Gasteiger partial charge in [-0.1, -0.05) is 26.0 Å². The highest BCUT2D eigenvalue weighted by Gasteiger charge is 2.27. The molecule has 0 radical (unpaired) electrons. The van der Waals surface area contributed by atoms with Gasteiger partial charge in [-0.15, -0.1) is 5.10 Å². The lowest BCUT2D eigenvalue weighted by Gasteiger charge is -2.37. The molecule has 0 saturated carbocycles. The summed E-state index contributed by atoms with van der Waals surface area (Å²) in [6.07, 6.45) is 2.09. The van der Waals surface area contributed by atoms with Crippen molar-refractivity contribution in [2.24, 2.45) is 0 Å². The Morgan fingerprint density at radius 1 is 1.50 bits per heavy atom. The van der Waals surface area contributed by atoms with E-state index in [1.165, 1.54) is 0 Å². The van der Waals surface area contributed by atoms with Crippen LogP contribution in [-0.2, 0) is 0 Å². The van der Waals surface area contributed by atoms with Crippen LogP contribution in [0.3, 0.4) is 0 Å². The van der Waals surface area contributed by atoms with Crippen LogP contribution in [0, 0.1) is 0 Å². The van der Waals surface area contributed by atoms with Crippen molar-refractivity contribution in [3.63, 3.8) is 0 Å². The maximum Gasteiger partial charge on any atom is 0.0852 e. The third-order valence-corrected chi connectivity index (χ3v) is 2.88. The average Bonchev–Trinajstić information content (AvgIpc) is 2.51. The Balaban J connectivity index is 1.98.